The van der Waals surface area contributed by atoms with Gasteiger partial charge in [-0.3, -0.25) is 9.59 Å². The second-order valence-electron chi connectivity index (χ2n) is 6.66. The topological polar surface area (TPSA) is 87.8 Å². The van der Waals surface area contributed by atoms with Gasteiger partial charge in [-0.15, -0.1) is 0 Å². The summed E-state index contributed by atoms with van der Waals surface area (Å²) in [7, 11) is 0. The zero-order valence-corrected chi connectivity index (χ0v) is 16.2. The van der Waals surface area contributed by atoms with Crippen LogP contribution in [-0.2, 0) is 6.18 Å². The average Bonchev–Trinajstić information content (AvgIpc) is 2.72. The van der Waals surface area contributed by atoms with E-state index in [0.717, 1.165) is 41.1 Å². The molecule has 0 saturated carbocycles. The Hall–Kier alpha value is -4.07. The van der Waals surface area contributed by atoms with Crippen LogP contribution in [0, 0.1) is 29.9 Å². The number of benzene rings is 2. The highest BCUT2D eigenvalue weighted by Gasteiger charge is 2.31. The van der Waals surface area contributed by atoms with E-state index in [4.69, 9.17) is 0 Å². The van der Waals surface area contributed by atoms with E-state index in [1.54, 1.807) is 6.07 Å². The van der Waals surface area contributed by atoms with E-state index in [0.29, 0.717) is 6.07 Å². The fourth-order valence-corrected chi connectivity index (χ4v) is 2.89. The molecule has 0 spiro atoms. The maximum atomic E-state index is 14.0. The Bertz CT molecular complexity index is 1290. The van der Waals surface area contributed by atoms with Crippen LogP contribution in [0.2, 0.25) is 0 Å². The van der Waals surface area contributed by atoms with Crippen molar-refractivity contribution in [2.45, 2.75) is 19.1 Å². The Morgan fingerprint density at radius 1 is 1.16 bits per heavy atom. The highest BCUT2D eigenvalue weighted by molar-refractivity contribution is 5.92. The smallest absolute Gasteiger partial charge is 0.331 e. The minimum Gasteiger partial charge on any atom is -0.331 e. The molecule has 1 aromatic heterocycles. The molecule has 2 aromatic carbocycles. The lowest BCUT2D eigenvalue weighted by molar-refractivity contribution is -0.137. The van der Waals surface area contributed by atoms with Crippen molar-refractivity contribution in [3.05, 3.63) is 92.9 Å². The van der Waals surface area contributed by atoms with Gasteiger partial charge < -0.3 is 5.32 Å². The summed E-state index contributed by atoms with van der Waals surface area (Å²) in [5, 5.41) is 15.2. The van der Waals surface area contributed by atoms with Gasteiger partial charge in [0.15, 0.2) is 5.69 Å². The second-order valence-corrected chi connectivity index (χ2v) is 6.66. The van der Waals surface area contributed by atoms with Crippen LogP contribution < -0.4 is 10.7 Å². The van der Waals surface area contributed by atoms with E-state index in [9.17, 15) is 36.8 Å². The van der Waals surface area contributed by atoms with E-state index in [1.807, 2.05) is 0 Å². The Morgan fingerprint density at radius 2 is 1.88 bits per heavy atom. The van der Waals surface area contributed by atoms with Crippen LogP contribution in [-0.4, -0.2) is 15.7 Å². The molecule has 1 unspecified atom stereocenters. The molecule has 0 aliphatic rings. The molecule has 1 amide bonds. The van der Waals surface area contributed by atoms with Crippen LogP contribution in [0.25, 0.3) is 5.69 Å². The summed E-state index contributed by atoms with van der Waals surface area (Å²) in [6.45, 7) is 1.41. The molecule has 0 aliphatic carbocycles. The van der Waals surface area contributed by atoms with Gasteiger partial charge in [-0.1, -0.05) is 12.1 Å². The number of nitrogens with one attached hydrogen (secondary N) is 1. The zero-order valence-electron chi connectivity index (χ0n) is 16.2. The van der Waals surface area contributed by atoms with Gasteiger partial charge in [-0.25, -0.2) is 13.5 Å². The van der Waals surface area contributed by atoms with Crippen molar-refractivity contribution in [3.63, 3.8) is 0 Å². The zero-order chi connectivity index (χ0) is 23.6. The Balaban J connectivity index is 1.99. The summed E-state index contributed by atoms with van der Waals surface area (Å²) in [6, 6.07) is 7.49. The molecule has 32 heavy (non-hydrogen) atoms. The first kappa shape index (κ1) is 22.6. The molecule has 0 radical (unpaired) electrons. The van der Waals surface area contributed by atoms with Crippen molar-refractivity contribution in [2.24, 2.45) is 0 Å². The van der Waals surface area contributed by atoms with Gasteiger partial charge in [0, 0.05) is 23.4 Å². The fraction of sp³-hybridized carbons (Fsp3) is 0.143. The molecule has 1 atom stereocenters. The number of halogens is 5. The van der Waals surface area contributed by atoms with E-state index >= 15 is 0 Å². The third-order valence-corrected chi connectivity index (χ3v) is 4.42. The van der Waals surface area contributed by atoms with E-state index in [1.165, 1.54) is 13.0 Å². The van der Waals surface area contributed by atoms with Gasteiger partial charge in [-0.2, -0.15) is 23.5 Å². The second kappa shape index (κ2) is 8.58. The van der Waals surface area contributed by atoms with Crippen molar-refractivity contribution in [1.29, 1.82) is 5.26 Å². The number of aryl methyl sites for hydroxylation is 1. The van der Waals surface area contributed by atoms with Crippen LogP contribution in [0.3, 0.4) is 0 Å². The number of nitrogens with zero attached hydrogens (tertiary/aromatic N) is 3. The van der Waals surface area contributed by atoms with Crippen LogP contribution in [0.1, 0.15) is 33.4 Å². The van der Waals surface area contributed by atoms with Crippen LogP contribution in [0.5, 0.6) is 0 Å². The fourth-order valence-electron chi connectivity index (χ4n) is 2.89. The average molecular weight is 448 g/mol. The molecule has 1 N–H and O–H groups in total. The number of nitriles is 1. The number of carbonyl (C=O) groups excluding carboxylic acids is 1. The molecule has 3 rings (SSSR count). The van der Waals surface area contributed by atoms with E-state index in [2.05, 4.69) is 10.4 Å². The van der Waals surface area contributed by atoms with Gasteiger partial charge in [0.05, 0.1) is 17.3 Å². The lowest BCUT2D eigenvalue weighted by Gasteiger charge is -2.15. The lowest BCUT2D eigenvalue weighted by Crippen LogP contribution is -2.34. The minimum atomic E-state index is -4.62. The summed E-state index contributed by atoms with van der Waals surface area (Å²) in [6.07, 6.45) is -4.62. The quantitative estimate of drug-likeness (QED) is 0.615. The number of hydrogen-bond donors (Lipinski definition) is 1. The lowest BCUT2D eigenvalue weighted by atomic mass is 10.1. The Morgan fingerprint density at radius 3 is 2.50 bits per heavy atom. The first-order valence-corrected chi connectivity index (χ1v) is 8.95. The molecule has 0 fully saturated rings. The Kier molecular flexibility index (Phi) is 6.06. The summed E-state index contributed by atoms with van der Waals surface area (Å²) < 4.78 is 67.1. The van der Waals surface area contributed by atoms with Crippen molar-refractivity contribution in [2.75, 3.05) is 0 Å². The first-order chi connectivity index (χ1) is 15.0. The SMILES string of the molecule is Cc1cc(=O)c(C(=O)NC(C#N)c2ccc(F)cc2F)nn1-c1cccc(C(F)(F)F)c1. The van der Waals surface area contributed by atoms with Gasteiger partial charge >= 0.3 is 6.18 Å². The van der Waals surface area contributed by atoms with Gasteiger partial charge in [0.1, 0.15) is 17.7 Å². The Labute approximate surface area is 177 Å². The molecule has 0 saturated heterocycles. The molecular weight excluding hydrogens is 435 g/mol. The molecule has 0 bridgehead atoms. The number of rotatable bonds is 4. The predicted molar refractivity (Wildman–Crippen MR) is 102 cm³/mol. The molecule has 3 aromatic rings. The summed E-state index contributed by atoms with van der Waals surface area (Å²) in [5.74, 6) is -3.14. The highest BCUT2D eigenvalue weighted by Crippen LogP contribution is 2.30. The van der Waals surface area contributed by atoms with E-state index in [-0.39, 0.29) is 16.9 Å². The minimum absolute atomic E-state index is 0.0622. The summed E-state index contributed by atoms with van der Waals surface area (Å²) >= 11 is 0. The predicted octanol–water partition coefficient (Wildman–Crippen LogP) is 3.83. The highest BCUT2D eigenvalue weighted by atomic mass is 19.4. The first-order valence-electron chi connectivity index (χ1n) is 8.95. The van der Waals surface area contributed by atoms with Gasteiger partial charge in [-0.05, 0) is 31.2 Å². The normalized spacial score (nSPS) is 12.2. The third-order valence-electron chi connectivity index (χ3n) is 4.42. The number of carbonyl (C=O) groups is 1. The van der Waals surface area contributed by atoms with Crippen molar-refractivity contribution < 1.29 is 26.7 Å². The van der Waals surface area contributed by atoms with Gasteiger partial charge in [0.25, 0.3) is 5.91 Å². The molecule has 6 nitrogen and oxygen atoms in total. The van der Waals surface area contributed by atoms with Crippen LogP contribution in [0.4, 0.5) is 22.0 Å². The van der Waals surface area contributed by atoms with Crippen molar-refractivity contribution >= 4 is 5.91 Å². The van der Waals surface area contributed by atoms with Crippen molar-refractivity contribution in [1.82, 2.24) is 15.1 Å². The van der Waals surface area contributed by atoms with E-state index < -0.39 is 46.4 Å². The van der Waals surface area contributed by atoms with Crippen LogP contribution >= 0.6 is 0 Å². The summed E-state index contributed by atoms with van der Waals surface area (Å²) in [5.41, 5.74) is -2.81. The largest absolute Gasteiger partial charge is 0.416 e. The standard InChI is InChI=1S/C21H13F5N4O2/c1-11-7-18(31)19(29-30(11)14-4-2-3-12(8-14)21(24,25)26)20(32)28-17(10-27)15-6-5-13(22)9-16(15)23/h2-9,17H,1H3,(H,28,32). The van der Waals surface area contributed by atoms with Crippen molar-refractivity contribution in [3.8, 4) is 11.8 Å². The number of amides is 1. The number of aromatic nitrogens is 2. The monoisotopic (exact) mass is 448 g/mol. The molecular formula is C21H13F5N4O2. The molecule has 1 heterocycles. The molecule has 164 valence electrons. The number of alkyl halides is 3. The maximum absolute atomic E-state index is 14.0. The summed E-state index contributed by atoms with van der Waals surface area (Å²) in [4.78, 5) is 24.9. The third kappa shape index (κ3) is 4.64. The number of hydrogen-bond acceptors (Lipinski definition) is 4. The van der Waals surface area contributed by atoms with Crippen LogP contribution in [0.15, 0.2) is 53.3 Å². The molecule has 0 aliphatic heterocycles. The maximum Gasteiger partial charge on any atom is 0.416 e. The molecule has 11 heteroatoms. The van der Waals surface area contributed by atoms with Gasteiger partial charge in [0.2, 0.25) is 5.43 Å².